The summed E-state index contributed by atoms with van der Waals surface area (Å²) in [4.78, 5) is 0. The molecule has 6 heavy (non-hydrogen) atoms. The molecule has 0 aliphatic rings. The fourth-order valence-electron chi connectivity index (χ4n) is 0.354. The van der Waals surface area contributed by atoms with Gasteiger partial charge in [-0.25, -0.2) is 0 Å². The van der Waals surface area contributed by atoms with Gasteiger partial charge in [-0.3, -0.25) is 0 Å². The monoisotopic (exact) mass is 85.1 g/mol. The predicted octanol–water partition coefficient (Wildman–Crippen LogP) is 0.386. The SMILES string of the molecule is CCCBNC. The molecule has 0 aromatic carbocycles. The topological polar surface area (TPSA) is 12.0 Å². The van der Waals surface area contributed by atoms with Crippen molar-refractivity contribution in [2.75, 3.05) is 7.05 Å². The lowest BCUT2D eigenvalue weighted by Crippen LogP contribution is -2.10. The van der Waals surface area contributed by atoms with Crippen LogP contribution in [0.5, 0.6) is 0 Å². The molecule has 0 rings (SSSR count). The molecule has 1 nitrogen and oxygen atoms in total. The summed E-state index contributed by atoms with van der Waals surface area (Å²) in [7, 11) is 3.14. The summed E-state index contributed by atoms with van der Waals surface area (Å²) in [6.45, 7) is 2.19. The number of hydrogen-bond donors (Lipinski definition) is 1. The molecule has 0 heterocycles. The number of hydrogen-bond acceptors (Lipinski definition) is 1. The van der Waals surface area contributed by atoms with Gasteiger partial charge in [0.05, 0.1) is 0 Å². The zero-order valence-corrected chi connectivity index (χ0v) is 4.62. The Labute approximate surface area is 40.4 Å². The quantitative estimate of drug-likeness (QED) is 0.386. The normalized spacial score (nSPS) is 8.33. The van der Waals surface area contributed by atoms with E-state index in [1.54, 1.807) is 0 Å². The summed E-state index contributed by atoms with van der Waals surface area (Å²) in [5.74, 6) is 0. The van der Waals surface area contributed by atoms with Gasteiger partial charge in [0.15, 0.2) is 0 Å². The van der Waals surface area contributed by atoms with Gasteiger partial charge in [-0.15, -0.1) is 0 Å². The molecular weight excluding hydrogens is 72.9 g/mol. The van der Waals surface area contributed by atoms with E-state index in [0.717, 1.165) is 7.41 Å². The van der Waals surface area contributed by atoms with Crippen molar-refractivity contribution >= 4 is 7.41 Å². The molecule has 36 valence electrons. The van der Waals surface area contributed by atoms with E-state index in [0.29, 0.717) is 0 Å². The Balaban J connectivity index is 2.34. The van der Waals surface area contributed by atoms with Crippen molar-refractivity contribution in [1.82, 2.24) is 5.23 Å². The van der Waals surface area contributed by atoms with E-state index in [4.69, 9.17) is 0 Å². The summed E-state index contributed by atoms with van der Waals surface area (Å²) in [6, 6.07) is 0. The molecule has 2 heteroatoms. The second kappa shape index (κ2) is 5.02. The van der Waals surface area contributed by atoms with Crippen LogP contribution in [-0.4, -0.2) is 14.5 Å². The van der Waals surface area contributed by atoms with Crippen LogP contribution in [0.4, 0.5) is 0 Å². The van der Waals surface area contributed by atoms with E-state index in [2.05, 4.69) is 12.2 Å². The van der Waals surface area contributed by atoms with Crippen molar-refractivity contribution < 1.29 is 0 Å². The lowest BCUT2D eigenvalue weighted by Gasteiger charge is -1.86. The van der Waals surface area contributed by atoms with Crippen LogP contribution in [0.25, 0.3) is 0 Å². The van der Waals surface area contributed by atoms with Crippen LogP contribution < -0.4 is 5.23 Å². The first-order chi connectivity index (χ1) is 2.91. The third kappa shape index (κ3) is 4.02. The van der Waals surface area contributed by atoms with Crippen LogP contribution in [0.2, 0.25) is 6.32 Å². The van der Waals surface area contributed by atoms with Gasteiger partial charge in [-0.2, -0.15) is 0 Å². The third-order valence-electron chi connectivity index (χ3n) is 0.780. The third-order valence-corrected chi connectivity index (χ3v) is 0.780. The van der Waals surface area contributed by atoms with Crippen molar-refractivity contribution in [3.8, 4) is 0 Å². The molecule has 0 fully saturated rings. The number of rotatable bonds is 3. The van der Waals surface area contributed by atoms with Gasteiger partial charge in [-0.05, 0) is 7.05 Å². The van der Waals surface area contributed by atoms with Gasteiger partial charge in [0.1, 0.15) is 0 Å². The molecule has 0 spiro atoms. The van der Waals surface area contributed by atoms with Crippen LogP contribution in [0, 0.1) is 0 Å². The Hall–Kier alpha value is 0.0249. The molecule has 0 atom stereocenters. The minimum absolute atomic E-state index is 1.16. The summed E-state index contributed by atoms with van der Waals surface area (Å²) >= 11 is 0. The molecule has 0 aliphatic heterocycles. The van der Waals surface area contributed by atoms with E-state index < -0.39 is 0 Å². The van der Waals surface area contributed by atoms with Crippen LogP contribution >= 0.6 is 0 Å². The van der Waals surface area contributed by atoms with Gasteiger partial charge >= 0.3 is 0 Å². The fraction of sp³-hybridized carbons (Fsp3) is 1.00. The molecule has 1 N–H and O–H groups in total. The minimum atomic E-state index is 1.16. The summed E-state index contributed by atoms with van der Waals surface area (Å²) < 4.78 is 0. The lowest BCUT2D eigenvalue weighted by atomic mass is 9.88. The average molecular weight is 85.0 g/mol. The van der Waals surface area contributed by atoms with Gasteiger partial charge < -0.3 is 5.23 Å². The molecule has 0 amide bonds. The first-order valence-electron chi connectivity index (χ1n) is 2.56. The minimum Gasteiger partial charge on any atom is -0.361 e. The second-order valence-corrected chi connectivity index (χ2v) is 1.46. The predicted molar refractivity (Wildman–Crippen MR) is 31.3 cm³/mol. The molecule has 0 saturated carbocycles. The Morgan fingerprint density at radius 2 is 2.33 bits per heavy atom. The summed E-state index contributed by atoms with van der Waals surface area (Å²) in [5.41, 5.74) is 0. The van der Waals surface area contributed by atoms with Crippen LogP contribution in [-0.2, 0) is 0 Å². The fourth-order valence-corrected chi connectivity index (χ4v) is 0.354. The maximum Gasteiger partial charge on any atom is 0.200 e. The Bertz CT molecular complexity index is 19.5. The van der Waals surface area contributed by atoms with Gasteiger partial charge in [0, 0.05) is 0 Å². The molecule has 0 aliphatic carbocycles. The molecule has 0 radical (unpaired) electrons. The van der Waals surface area contributed by atoms with Crippen LogP contribution in [0.3, 0.4) is 0 Å². The smallest absolute Gasteiger partial charge is 0.200 e. The van der Waals surface area contributed by atoms with E-state index in [-0.39, 0.29) is 0 Å². The maximum atomic E-state index is 3.07. The van der Waals surface area contributed by atoms with Gasteiger partial charge in [0.25, 0.3) is 0 Å². The van der Waals surface area contributed by atoms with E-state index in [1.807, 2.05) is 7.05 Å². The Kier molecular flexibility index (Phi) is 5.05. The highest BCUT2D eigenvalue weighted by atomic mass is 14.7. The van der Waals surface area contributed by atoms with Crippen molar-refractivity contribution in [2.45, 2.75) is 19.7 Å². The van der Waals surface area contributed by atoms with Crippen LogP contribution in [0.15, 0.2) is 0 Å². The highest BCUT2D eigenvalue weighted by Gasteiger charge is 1.78. The lowest BCUT2D eigenvalue weighted by molar-refractivity contribution is 1.05. The standard InChI is InChI=1S/C4H12BN/c1-3-4-5-6-2/h5-6H,3-4H2,1-2H3. The highest BCUT2D eigenvalue weighted by molar-refractivity contribution is 6.31. The zero-order valence-electron chi connectivity index (χ0n) is 4.62. The van der Waals surface area contributed by atoms with Gasteiger partial charge in [-0.1, -0.05) is 19.7 Å². The first-order valence-corrected chi connectivity index (χ1v) is 2.56. The molecule has 0 aromatic rings. The number of nitrogens with one attached hydrogen (secondary N) is 1. The molecular formula is C4H12BN. The first kappa shape index (κ1) is 6.02. The van der Waals surface area contributed by atoms with Crippen molar-refractivity contribution in [2.24, 2.45) is 0 Å². The van der Waals surface area contributed by atoms with E-state index in [1.165, 1.54) is 12.7 Å². The molecule has 0 unspecified atom stereocenters. The molecule has 0 saturated heterocycles. The highest BCUT2D eigenvalue weighted by Crippen LogP contribution is 1.79. The average Bonchev–Trinajstić information content (AvgIpc) is 1.61. The molecule has 0 bridgehead atoms. The van der Waals surface area contributed by atoms with Crippen molar-refractivity contribution in [1.29, 1.82) is 0 Å². The Morgan fingerprint density at radius 1 is 1.67 bits per heavy atom. The van der Waals surface area contributed by atoms with E-state index >= 15 is 0 Å². The molecule has 0 aromatic heterocycles. The van der Waals surface area contributed by atoms with Crippen molar-refractivity contribution in [3.63, 3.8) is 0 Å². The van der Waals surface area contributed by atoms with Crippen molar-refractivity contribution in [3.05, 3.63) is 0 Å². The van der Waals surface area contributed by atoms with E-state index in [9.17, 15) is 0 Å². The Morgan fingerprint density at radius 3 is 2.50 bits per heavy atom. The zero-order chi connectivity index (χ0) is 4.83. The second-order valence-electron chi connectivity index (χ2n) is 1.46. The van der Waals surface area contributed by atoms with Crippen LogP contribution in [0.1, 0.15) is 13.3 Å². The largest absolute Gasteiger partial charge is 0.361 e. The summed E-state index contributed by atoms with van der Waals surface area (Å²) in [6.07, 6.45) is 2.59. The summed E-state index contributed by atoms with van der Waals surface area (Å²) in [5, 5.41) is 3.07. The van der Waals surface area contributed by atoms with Gasteiger partial charge in [0.2, 0.25) is 7.41 Å². The maximum absolute atomic E-state index is 3.07.